The van der Waals surface area contributed by atoms with E-state index in [2.05, 4.69) is 13.8 Å². The maximum absolute atomic E-state index is 12.4. The fourth-order valence-electron chi connectivity index (χ4n) is 7.05. The number of carbonyl (C=O) groups excluding carboxylic acids is 1. The normalized spacial score (nSPS) is 57.9. The highest BCUT2D eigenvalue weighted by atomic mass is 16.3. The molecular weight excluding hydrogens is 276 g/mol. The Labute approximate surface area is 133 Å². The van der Waals surface area contributed by atoms with Crippen LogP contribution in [0.4, 0.5) is 0 Å². The van der Waals surface area contributed by atoms with Crippen molar-refractivity contribution in [2.45, 2.75) is 77.4 Å². The Morgan fingerprint density at radius 2 is 1.73 bits per heavy atom. The Morgan fingerprint density at radius 1 is 0.955 bits per heavy atom. The van der Waals surface area contributed by atoms with Crippen LogP contribution in [0.15, 0.2) is 0 Å². The molecule has 8 atom stereocenters. The number of carbonyl (C=O) groups is 1. The molecule has 22 heavy (non-hydrogen) atoms. The number of fused-ring (bicyclic) bond motifs is 5. The van der Waals surface area contributed by atoms with E-state index in [1.54, 1.807) is 0 Å². The zero-order valence-corrected chi connectivity index (χ0v) is 13.9. The third kappa shape index (κ3) is 1.84. The van der Waals surface area contributed by atoms with Gasteiger partial charge in [0.1, 0.15) is 5.78 Å². The second-order valence-corrected chi connectivity index (χ2v) is 9.14. The lowest BCUT2D eigenvalue weighted by atomic mass is 9.44. The minimum Gasteiger partial charge on any atom is -0.393 e. The Kier molecular flexibility index (Phi) is 3.30. The first-order valence-corrected chi connectivity index (χ1v) is 9.25. The Morgan fingerprint density at radius 3 is 2.50 bits per heavy atom. The van der Waals surface area contributed by atoms with Gasteiger partial charge >= 0.3 is 0 Å². The van der Waals surface area contributed by atoms with E-state index in [0.717, 1.165) is 51.4 Å². The molecule has 4 aliphatic carbocycles. The molecule has 2 N–H and O–H groups in total. The molecule has 0 bridgehead atoms. The Hall–Kier alpha value is -0.410. The third-order valence-electron chi connectivity index (χ3n) is 8.36. The van der Waals surface area contributed by atoms with Gasteiger partial charge in [0.25, 0.3) is 0 Å². The van der Waals surface area contributed by atoms with Gasteiger partial charge in [-0.15, -0.1) is 0 Å². The van der Waals surface area contributed by atoms with Crippen molar-refractivity contribution in [2.24, 2.45) is 34.5 Å². The molecule has 4 rings (SSSR count). The van der Waals surface area contributed by atoms with Crippen molar-refractivity contribution in [3.63, 3.8) is 0 Å². The molecule has 0 aliphatic heterocycles. The van der Waals surface area contributed by atoms with Gasteiger partial charge in [0.15, 0.2) is 0 Å². The second kappa shape index (κ2) is 4.80. The predicted octanol–water partition coefficient (Wildman–Crippen LogP) is 2.93. The first-order valence-electron chi connectivity index (χ1n) is 9.25. The van der Waals surface area contributed by atoms with Crippen molar-refractivity contribution in [3.8, 4) is 0 Å². The molecule has 4 aliphatic rings. The summed E-state index contributed by atoms with van der Waals surface area (Å²) in [4.78, 5) is 12.4. The lowest BCUT2D eigenvalue weighted by Gasteiger charge is -2.61. The summed E-state index contributed by atoms with van der Waals surface area (Å²) in [5, 5.41) is 20.8. The molecule has 4 saturated carbocycles. The van der Waals surface area contributed by atoms with Gasteiger partial charge in [-0.25, -0.2) is 0 Å². The van der Waals surface area contributed by atoms with Gasteiger partial charge in [0, 0.05) is 11.8 Å². The van der Waals surface area contributed by atoms with Crippen LogP contribution in [0.1, 0.15) is 65.2 Å². The highest BCUT2D eigenvalue weighted by Gasteiger charge is 2.61. The number of hydrogen-bond donors (Lipinski definition) is 2. The highest BCUT2D eigenvalue weighted by molar-refractivity contribution is 5.87. The average molecular weight is 306 g/mol. The van der Waals surface area contributed by atoms with Gasteiger partial charge in [-0.2, -0.15) is 0 Å². The monoisotopic (exact) mass is 306 g/mol. The van der Waals surface area contributed by atoms with Gasteiger partial charge < -0.3 is 10.2 Å². The summed E-state index contributed by atoms with van der Waals surface area (Å²) >= 11 is 0. The van der Waals surface area contributed by atoms with E-state index in [-0.39, 0.29) is 29.0 Å². The molecule has 3 heteroatoms. The average Bonchev–Trinajstić information content (AvgIpc) is 2.77. The van der Waals surface area contributed by atoms with E-state index >= 15 is 0 Å². The van der Waals surface area contributed by atoms with E-state index in [0.29, 0.717) is 23.5 Å². The third-order valence-corrected chi connectivity index (χ3v) is 8.36. The van der Waals surface area contributed by atoms with E-state index in [1.165, 1.54) is 0 Å². The molecular formula is C19H30O3. The molecule has 124 valence electrons. The van der Waals surface area contributed by atoms with Crippen LogP contribution in [0.3, 0.4) is 0 Å². The van der Waals surface area contributed by atoms with Crippen molar-refractivity contribution < 1.29 is 15.0 Å². The molecule has 0 spiro atoms. The second-order valence-electron chi connectivity index (χ2n) is 9.14. The van der Waals surface area contributed by atoms with Crippen LogP contribution in [-0.4, -0.2) is 28.2 Å². The zero-order valence-electron chi connectivity index (χ0n) is 13.9. The van der Waals surface area contributed by atoms with Crippen LogP contribution >= 0.6 is 0 Å². The van der Waals surface area contributed by atoms with Crippen LogP contribution in [-0.2, 0) is 4.79 Å². The first kappa shape index (κ1) is 15.1. The van der Waals surface area contributed by atoms with Crippen LogP contribution in [0.2, 0.25) is 0 Å². The lowest BCUT2D eigenvalue weighted by molar-refractivity contribution is -0.170. The van der Waals surface area contributed by atoms with Crippen molar-refractivity contribution in [3.05, 3.63) is 0 Å². The number of hydrogen-bond acceptors (Lipinski definition) is 3. The maximum Gasteiger partial charge on any atom is 0.139 e. The first-order chi connectivity index (χ1) is 10.4. The summed E-state index contributed by atoms with van der Waals surface area (Å²) in [6.07, 6.45) is 6.97. The van der Waals surface area contributed by atoms with E-state index in [4.69, 9.17) is 0 Å². The van der Waals surface area contributed by atoms with Gasteiger partial charge in [0.2, 0.25) is 0 Å². The van der Waals surface area contributed by atoms with Crippen LogP contribution in [0.5, 0.6) is 0 Å². The van der Waals surface area contributed by atoms with E-state index in [9.17, 15) is 15.0 Å². The molecule has 0 heterocycles. The van der Waals surface area contributed by atoms with Gasteiger partial charge in [-0.3, -0.25) is 4.79 Å². The highest BCUT2D eigenvalue weighted by Crippen LogP contribution is 2.65. The smallest absolute Gasteiger partial charge is 0.139 e. The van der Waals surface area contributed by atoms with Crippen LogP contribution < -0.4 is 0 Å². The molecule has 0 amide bonds. The molecule has 4 fully saturated rings. The van der Waals surface area contributed by atoms with Crippen molar-refractivity contribution in [2.75, 3.05) is 0 Å². The standard InChI is InChI=1S/C19H30O3/c1-18-7-5-11(20)9-15(18)16(21)10-12-13-3-4-17(22)19(13,2)8-6-14(12)18/h11-16,20-21H,3-10H2,1-2H3/t11-,12+,13+,14+,15+,16-,18-,19+/m1/s1. The van der Waals surface area contributed by atoms with Crippen molar-refractivity contribution >= 4 is 5.78 Å². The minimum absolute atomic E-state index is 0.113. The Balaban J connectivity index is 1.68. The fraction of sp³-hybridized carbons (Fsp3) is 0.947. The number of ketones is 1. The number of aliphatic hydroxyl groups is 2. The number of aliphatic hydroxyl groups excluding tert-OH is 2. The number of rotatable bonds is 0. The summed E-state index contributed by atoms with van der Waals surface area (Å²) < 4.78 is 0. The largest absolute Gasteiger partial charge is 0.393 e. The Bertz CT molecular complexity index is 489. The van der Waals surface area contributed by atoms with Crippen LogP contribution in [0, 0.1) is 34.5 Å². The minimum atomic E-state index is -0.292. The maximum atomic E-state index is 12.4. The molecule has 0 aromatic rings. The van der Waals surface area contributed by atoms with E-state index in [1.807, 2.05) is 0 Å². The lowest BCUT2D eigenvalue weighted by Crippen LogP contribution is -2.58. The molecule has 0 aromatic heterocycles. The van der Waals surface area contributed by atoms with Gasteiger partial charge in [-0.05, 0) is 74.0 Å². The topological polar surface area (TPSA) is 57.5 Å². The zero-order chi connectivity index (χ0) is 15.7. The summed E-state index contributed by atoms with van der Waals surface area (Å²) in [7, 11) is 0. The summed E-state index contributed by atoms with van der Waals surface area (Å²) in [5.74, 6) is 2.35. The molecule has 0 unspecified atom stereocenters. The quantitative estimate of drug-likeness (QED) is 0.723. The molecule has 0 aromatic carbocycles. The van der Waals surface area contributed by atoms with Crippen molar-refractivity contribution in [1.29, 1.82) is 0 Å². The summed E-state index contributed by atoms with van der Waals surface area (Å²) in [6, 6.07) is 0. The van der Waals surface area contributed by atoms with Crippen molar-refractivity contribution in [1.82, 2.24) is 0 Å². The molecule has 3 nitrogen and oxygen atoms in total. The summed E-state index contributed by atoms with van der Waals surface area (Å²) in [5.41, 5.74) is 0.0484. The number of Topliss-reactive ketones (excluding diaryl/α,β-unsaturated/α-hetero) is 1. The molecule has 0 saturated heterocycles. The van der Waals surface area contributed by atoms with Crippen LogP contribution in [0.25, 0.3) is 0 Å². The van der Waals surface area contributed by atoms with Gasteiger partial charge in [-0.1, -0.05) is 13.8 Å². The van der Waals surface area contributed by atoms with E-state index < -0.39 is 0 Å². The summed E-state index contributed by atoms with van der Waals surface area (Å²) in [6.45, 7) is 4.55. The molecule has 0 radical (unpaired) electrons. The fourth-order valence-corrected chi connectivity index (χ4v) is 7.05. The predicted molar refractivity (Wildman–Crippen MR) is 84.1 cm³/mol. The van der Waals surface area contributed by atoms with Gasteiger partial charge in [0.05, 0.1) is 12.2 Å². The SMILES string of the molecule is C[C@]12CC[C@@H](O)C[C@H]1[C@H](O)C[C@@H]1[C@@H]2CC[C@]2(C)C(=O)CC[C@@H]12.